The van der Waals surface area contributed by atoms with E-state index < -0.39 is 10.0 Å². The molecule has 1 saturated heterocycles. The second kappa shape index (κ2) is 7.23. The first kappa shape index (κ1) is 16.2. The lowest BCUT2D eigenvalue weighted by atomic mass is 10.0. The molecule has 0 amide bonds. The summed E-state index contributed by atoms with van der Waals surface area (Å²) >= 11 is 0. The van der Waals surface area contributed by atoms with Crippen molar-refractivity contribution >= 4 is 10.0 Å². The van der Waals surface area contributed by atoms with Gasteiger partial charge in [0.2, 0.25) is 10.0 Å². The zero-order chi connectivity index (χ0) is 14.6. The molecule has 118 valence electrons. The lowest BCUT2D eigenvalue weighted by Gasteiger charge is -2.33. The highest BCUT2D eigenvalue weighted by Gasteiger charge is 2.30. The molecule has 4 nitrogen and oxygen atoms in total. The zero-order valence-corrected chi connectivity index (χ0v) is 13.8. The first-order valence-corrected chi connectivity index (χ1v) is 9.90. The van der Waals surface area contributed by atoms with Crippen molar-refractivity contribution in [2.75, 3.05) is 18.8 Å². The Bertz CT molecular complexity index is 389. The van der Waals surface area contributed by atoms with Crippen LogP contribution in [0.3, 0.4) is 0 Å². The smallest absolute Gasteiger partial charge is 0.214 e. The summed E-state index contributed by atoms with van der Waals surface area (Å²) in [4.78, 5) is 0. The van der Waals surface area contributed by atoms with Crippen molar-refractivity contribution < 1.29 is 8.42 Å². The van der Waals surface area contributed by atoms with Gasteiger partial charge in [0.1, 0.15) is 0 Å². The number of hydrogen-bond donors (Lipinski definition) is 1. The SMILES string of the molecule is CCCS(=O)(=O)N1CCC(NC2CCC(CC)C2)CC1. The van der Waals surface area contributed by atoms with E-state index in [1.165, 1.54) is 25.7 Å². The number of nitrogens with zero attached hydrogens (tertiary/aromatic N) is 1. The predicted molar refractivity (Wildman–Crippen MR) is 83.2 cm³/mol. The van der Waals surface area contributed by atoms with Crippen molar-refractivity contribution in [3.8, 4) is 0 Å². The van der Waals surface area contributed by atoms with Crippen LogP contribution >= 0.6 is 0 Å². The van der Waals surface area contributed by atoms with Crippen molar-refractivity contribution in [2.24, 2.45) is 5.92 Å². The molecule has 2 fully saturated rings. The standard InChI is InChI=1S/C15H30N2O2S/c1-3-11-20(18,19)17-9-7-14(8-10-17)16-15-6-5-13(4-2)12-15/h13-16H,3-12H2,1-2H3. The molecule has 1 heterocycles. The summed E-state index contributed by atoms with van der Waals surface area (Å²) in [5.41, 5.74) is 0. The maximum absolute atomic E-state index is 12.0. The highest BCUT2D eigenvalue weighted by atomic mass is 32.2. The molecule has 20 heavy (non-hydrogen) atoms. The second-order valence-corrected chi connectivity index (χ2v) is 8.53. The normalized spacial score (nSPS) is 29.9. The first-order chi connectivity index (χ1) is 9.55. The van der Waals surface area contributed by atoms with Crippen LogP contribution in [0.4, 0.5) is 0 Å². The van der Waals surface area contributed by atoms with Crippen molar-refractivity contribution in [1.82, 2.24) is 9.62 Å². The molecule has 1 saturated carbocycles. The fraction of sp³-hybridized carbons (Fsp3) is 1.00. The van der Waals surface area contributed by atoms with E-state index in [1.807, 2.05) is 6.92 Å². The number of nitrogens with one attached hydrogen (secondary N) is 1. The molecule has 5 heteroatoms. The maximum Gasteiger partial charge on any atom is 0.214 e. The average Bonchev–Trinajstić information content (AvgIpc) is 2.87. The van der Waals surface area contributed by atoms with Crippen molar-refractivity contribution in [1.29, 1.82) is 0 Å². The van der Waals surface area contributed by atoms with Crippen LogP contribution in [-0.4, -0.2) is 43.6 Å². The summed E-state index contributed by atoms with van der Waals surface area (Å²) in [6.07, 6.45) is 7.91. The molecule has 1 N–H and O–H groups in total. The molecule has 0 aromatic rings. The van der Waals surface area contributed by atoms with Crippen LogP contribution in [0.2, 0.25) is 0 Å². The second-order valence-electron chi connectivity index (χ2n) is 6.44. The van der Waals surface area contributed by atoms with Crippen molar-refractivity contribution in [2.45, 2.75) is 70.9 Å². The topological polar surface area (TPSA) is 49.4 Å². The molecule has 1 aliphatic carbocycles. The summed E-state index contributed by atoms with van der Waals surface area (Å²) in [5, 5.41) is 3.76. The molecule has 2 unspecified atom stereocenters. The number of rotatable bonds is 6. The van der Waals surface area contributed by atoms with Gasteiger partial charge < -0.3 is 5.32 Å². The van der Waals surface area contributed by atoms with Gasteiger partial charge in [0.15, 0.2) is 0 Å². The monoisotopic (exact) mass is 302 g/mol. The Morgan fingerprint density at radius 2 is 1.75 bits per heavy atom. The Labute approximate surface area is 124 Å². The van der Waals surface area contributed by atoms with E-state index >= 15 is 0 Å². The highest BCUT2D eigenvalue weighted by Crippen LogP contribution is 2.29. The van der Waals surface area contributed by atoms with Crippen LogP contribution in [0.15, 0.2) is 0 Å². The summed E-state index contributed by atoms with van der Waals surface area (Å²) in [5.74, 6) is 1.20. The van der Waals surface area contributed by atoms with Gasteiger partial charge in [0.25, 0.3) is 0 Å². The Hall–Kier alpha value is -0.130. The summed E-state index contributed by atoms with van der Waals surface area (Å²) in [7, 11) is -2.99. The number of piperidine rings is 1. The van der Waals surface area contributed by atoms with Gasteiger partial charge in [-0.1, -0.05) is 20.3 Å². The van der Waals surface area contributed by atoms with Crippen LogP contribution < -0.4 is 5.32 Å². The third-order valence-electron chi connectivity index (χ3n) is 4.90. The summed E-state index contributed by atoms with van der Waals surface area (Å²) in [6.45, 7) is 5.61. The van der Waals surface area contributed by atoms with E-state index in [0.29, 0.717) is 37.3 Å². The summed E-state index contributed by atoms with van der Waals surface area (Å²) < 4.78 is 25.7. The molecular weight excluding hydrogens is 272 g/mol. The Balaban J connectivity index is 1.75. The van der Waals surface area contributed by atoms with E-state index in [9.17, 15) is 8.42 Å². The van der Waals surface area contributed by atoms with Crippen LogP contribution in [0, 0.1) is 5.92 Å². The molecule has 0 aromatic carbocycles. The largest absolute Gasteiger partial charge is 0.311 e. The van der Waals surface area contributed by atoms with Crippen molar-refractivity contribution in [3.63, 3.8) is 0 Å². The first-order valence-electron chi connectivity index (χ1n) is 8.29. The Morgan fingerprint density at radius 1 is 1.05 bits per heavy atom. The molecule has 1 aliphatic heterocycles. The lowest BCUT2D eigenvalue weighted by molar-refractivity contribution is 0.271. The van der Waals surface area contributed by atoms with Crippen LogP contribution in [0.1, 0.15) is 58.8 Å². The Morgan fingerprint density at radius 3 is 2.30 bits per heavy atom. The molecule has 2 atom stereocenters. The highest BCUT2D eigenvalue weighted by molar-refractivity contribution is 7.89. The van der Waals surface area contributed by atoms with Gasteiger partial charge in [-0.05, 0) is 44.4 Å². The predicted octanol–water partition coefficient (Wildman–Crippen LogP) is 2.36. The minimum Gasteiger partial charge on any atom is -0.311 e. The minimum atomic E-state index is -2.99. The van der Waals surface area contributed by atoms with Gasteiger partial charge in [0.05, 0.1) is 5.75 Å². The van der Waals surface area contributed by atoms with Crippen molar-refractivity contribution in [3.05, 3.63) is 0 Å². The minimum absolute atomic E-state index is 0.298. The maximum atomic E-state index is 12.0. The van der Waals surface area contributed by atoms with E-state index in [1.54, 1.807) is 4.31 Å². The zero-order valence-electron chi connectivity index (χ0n) is 13.0. The van der Waals surface area contributed by atoms with E-state index in [4.69, 9.17) is 0 Å². The van der Waals surface area contributed by atoms with E-state index in [2.05, 4.69) is 12.2 Å². The third kappa shape index (κ3) is 4.18. The molecule has 0 radical (unpaired) electrons. The van der Waals surface area contributed by atoms with Crippen LogP contribution in [0.25, 0.3) is 0 Å². The Kier molecular flexibility index (Phi) is 5.87. The van der Waals surface area contributed by atoms with Gasteiger partial charge in [-0.3, -0.25) is 0 Å². The number of sulfonamides is 1. The van der Waals surface area contributed by atoms with Gasteiger partial charge >= 0.3 is 0 Å². The fourth-order valence-electron chi connectivity index (χ4n) is 3.62. The molecule has 0 spiro atoms. The van der Waals surface area contributed by atoms with E-state index in [-0.39, 0.29) is 0 Å². The number of hydrogen-bond acceptors (Lipinski definition) is 3. The molecule has 2 rings (SSSR count). The summed E-state index contributed by atoms with van der Waals surface area (Å²) in [6, 6.07) is 1.19. The molecule has 0 aromatic heterocycles. The average molecular weight is 302 g/mol. The molecule has 2 aliphatic rings. The fourth-order valence-corrected chi connectivity index (χ4v) is 5.16. The van der Waals surface area contributed by atoms with Gasteiger partial charge in [0, 0.05) is 25.2 Å². The van der Waals surface area contributed by atoms with E-state index in [0.717, 1.165) is 18.8 Å². The van der Waals surface area contributed by atoms with Crippen LogP contribution in [-0.2, 0) is 10.0 Å². The van der Waals surface area contributed by atoms with Gasteiger partial charge in [-0.15, -0.1) is 0 Å². The van der Waals surface area contributed by atoms with Crippen LogP contribution in [0.5, 0.6) is 0 Å². The quantitative estimate of drug-likeness (QED) is 0.819. The molecular formula is C15H30N2O2S. The van der Waals surface area contributed by atoms with Gasteiger partial charge in [-0.25, -0.2) is 12.7 Å². The molecule has 0 bridgehead atoms. The lowest BCUT2D eigenvalue weighted by Crippen LogP contribution is -2.47. The van der Waals surface area contributed by atoms with Gasteiger partial charge in [-0.2, -0.15) is 0 Å². The third-order valence-corrected chi connectivity index (χ3v) is 6.98.